The number of thiophene rings is 1. The molecule has 1 atom stereocenters. The first-order chi connectivity index (χ1) is 9.24. The van der Waals surface area contributed by atoms with Crippen LogP contribution in [-0.4, -0.2) is 31.5 Å². The van der Waals surface area contributed by atoms with Crippen molar-refractivity contribution in [3.63, 3.8) is 0 Å². The third-order valence-corrected chi connectivity index (χ3v) is 3.38. The van der Waals surface area contributed by atoms with Gasteiger partial charge in [0.2, 0.25) is 0 Å². The fraction of sp³-hybridized carbons (Fsp3) is 0.182. The third kappa shape index (κ3) is 2.35. The molecule has 3 aromatic heterocycles. The van der Waals surface area contributed by atoms with Crippen LogP contribution >= 0.6 is 11.3 Å². The molecule has 3 N–H and O–H groups in total. The quantitative estimate of drug-likeness (QED) is 0.650. The summed E-state index contributed by atoms with van der Waals surface area (Å²) in [6.45, 7) is 0.321. The molecule has 3 heterocycles. The third-order valence-electron chi connectivity index (χ3n) is 2.68. The lowest BCUT2D eigenvalue weighted by Gasteiger charge is -2.10. The average Bonchev–Trinajstić information content (AvgIpc) is 3.07. The number of fused-ring (bicyclic) bond motifs is 1. The molecule has 0 amide bonds. The summed E-state index contributed by atoms with van der Waals surface area (Å²) in [5.41, 5.74) is 0.921. The number of rotatable bonds is 4. The fourth-order valence-electron chi connectivity index (χ4n) is 1.68. The van der Waals surface area contributed by atoms with E-state index in [0.29, 0.717) is 18.0 Å². The predicted octanol–water partition coefficient (Wildman–Crippen LogP) is 0.625. The molecule has 0 spiro atoms. The van der Waals surface area contributed by atoms with Gasteiger partial charge in [-0.15, -0.1) is 5.10 Å². The Balaban J connectivity index is 1.75. The number of nitrogens with one attached hydrogen (secondary N) is 2. The summed E-state index contributed by atoms with van der Waals surface area (Å²) in [6, 6.07) is 5.24. The van der Waals surface area contributed by atoms with Crippen molar-refractivity contribution in [3.05, 3.63) is 45.0 Å². The normalized spacial score (nSPS) is 12.7. The van der Waals surface area contributed by atoms with Gasteiger partial charge in [0.1, 0.15) is 5.82 Å². The van der Waals surface area contributed by atoms with E-state index in [9.17, 15) is 9.90 Å². The van der Waals surface area contributed by atoms with E-state index in [1.807, 2.05) is 16.8 Å². The van der Waals surface area contributed by atoms with Crippen LogP contribution in [0.5, 0.6) is 0 Å². The molecule has 0 saturated carbocycles. The maximum Gasteiger partial charge on any atom is 0.364 e. The zero-order valence-corrected chi connectivity index (χ0v) is 10.6. The second-order valence-corrected chi connectivity index (χ2v) is 4.75. The Morgan fingerprint density at radius 2 is 2.37 bits per heavy atom. The second-order valence-electron chi connectivity index (χ2n) is 3.97. The molecule has 0 aliphatic rings. The Hall–Kier alpha value is -2.19. The summed E-state index contributed by atoms with van der Waals surface area (Å²) >= 11 is 1.53. The van der Waals surface area contributed by atoms with Gasteiger partial charge in [-0.1, -0.05) is 0 Å². The lowest BCUT2D eigenvalue weighted by molar-refractivity contribution is 0.192. The summed E-state index contributed by atoms with van der Waals surface area (Å²) in [5.74, 6) is 0.505. The van der Waals surface area contributed by atoms with Crippen LogP contribution in [-0.2, 0) is 0 Å². The SMILES string of the molecule is O=c1[nH]nc2ccc(NCC(O)c3ccsc3)nn12. The van der Waals surface area contributed by atoms with Gasteiger partial charge in [-0.3, -0.25) is 0 Å². The first-order valence-electron chi connectivity index (χ1n) is 5.62. The zero-order chi connectivity index (χ0) is 13.2. The summed E-state index contributed by atoms with van der Waals surface area (Å²) < 4.78 is 1.17. The smallest absolute Gasteiger partial charge is 0.364 e. The minimum Gasteiger partial charge on any atom is -0.387 e. The van der Waals surface area contributed by atoms with Gasteiger partial charge in [0.15, 0.2) is 5.65 Å². The molecule has 98 valence electrons. The molecule has 0 aromatic carbocycles. The number of anilines is 1. The monoisotopic (exact) mass is 277 g/mol. The van der Waals surface area contributed by atoms with Crippen molar-refractivity contribution >= 4 is 22.8 Å². The Bertz CT molecular complexity index is 733. The van der Waals surface area contributed by atoms with Gasteiger partial charge in [-0.05, 0) is 34.5 Å². The van der Waals surface area contributed by atoms with Crippen LogP contribution in [0.1, 0.15) is 11.7 Å². The first-order valence-corrected chi connectivity index (χ1v) is 6.57. The summed E-state index contributed by atoms with van der Waals surface area (Å²) in [5, 5.41) is 26.9. The van der Waals surface area contributed by atoms with Gasteiger partial charge in [0.05, 0.1) is 6.10 Å². The van der Waals surface area contributed by atoms with E-state index in [1.54, 1.807) is 12.1 Å². The van der Waals surface area contributed by atoms with Crippen molar-refractivity contribution in [1.82, 2.24) is 19.8 Å². The number of aromatic amines is 1. The summed E-state index contributed by atoms with van der Waals surface area (Å²) in [4.78, 5) is 11.4. The maximum atomic E-state index is 11.4. The van der Waals surface area contributed by atoms with Gasteiger partial charge in [0, 0.05) is 6.54 Å². The Labute approximate surface area is 111 Å². The lowest BCUT2D eigenvalue weighted by atomic mass is 10.2. The van der Waals surface area contributed by atoms with E-state index in [2.05, 4.69) is 20.6 Å². The number of hydrogen-bond donors (Lipinski definition) is 3. The van der Waals surface area contributed by atoms with Crippen LogP contribution < -0.4 is 11.0 Å². The predicted molar refractivity (Wildman–Crippen MR) is 71.4 cm³/mol. The van der Waals surface area contributed by atoms with Crippen LogP contribution in [0.3, 0.4) is 0 Å². The molecule has 19 heavy (non-hydrogen) atoms. The molecule has 0 bridgehead atoms. The highest BCUT2D eigenvalue weighted by Gasteiger charge is 2.08. The van der Waals surface area contributed by atoms with E-state index in [-0.39, 0.29) is 0 Å². The van der Waals surface area contributed by atoms with E-state index in [1.165, 1.54) is 15.9 Å². The van der Waals surface area contributed by atoms with Crippen molar-refractivity contribution in [2.75, 3.05) is 11.9 Å². The van der Waals surface area contributed by atoms with Crippen LogP contribution in [0.4, 0.5) is 5.82 Å². The molecule has 7 nitrogen and oxygen atoms in total. The highest BCUT2D eigenvalue weighted by Crippen LogP contribution is 2.16. The molecular formula is C11H11N5O2S. The molecule has 3 aromatic rings. The van der Waals surface area contributed by atoms with Crippen LogP contribution in [0, 0.1) is 0 Å². The average molecular weight is 277 g/mol. The van der Waals surface area contributed by atoms with E-state index in [4.69, 9.17) is 0 Å². The number of aliphatic hydroxyl groups excluding tert-OH is 1. The molecule has 3 rings (SSSR count). The summed E-state index contributed by atoms with van der Waals surface area (Å²) in [7, 11) is 0. The van der Waals surface area contributed by atoms with Gasteiger partial charge in [-0.25, -0.2) is 9.89 Å². The Morgan fingerprint density at radius 1 is 1.47 bits per heavy atom. The molecule has 0 saturated heterocycles. The molecule has 0 aliphatic carbocycles. The standard InChI is InChI=1S/C11H11N5O2S/c17-8(7-3-4-19-6-7)5-12-9-1-2-10-13-14-11(18)16(10)15-9/h1-4,6,8,17H,5H2,(H,12,15)(H,14,18). The largest absolute Gasteiger partial charge is 0.387 e. The molecule has 1 unspecified atom stereocenters. The number of aliphatic hydroxyl groups is 1. The van der Waals surface area contributed by atoms with Gasteiger partial charge < -0.3 is 10.4 Å². The van der Waals surface area contributed by atoms with Gasteiger partial charge >= 0.3 is 5.69 Å². The minimum absolute atomic E-state index is 0.321. The first kappa shape index (κ1) is 11.9. The van der Waals surface area contributed by atoms with Crippen molar-refractivity contribution in [2.45, 2.75) is 6.10 Å². The van der Waals surface area contributed by atoms with Crippen LogP contribution in [0.15, 0.2) is 33.8 Å². The minimum atomic E-state index is -0.607. The second kappa shape index (κ2) is 4.82. The summed E-state index contributed by atoms with van der Waals surface area (Å²) in [6.07, 6.45) is -0.607. The van der Waals surface area contributed by atoms with E-state index < -0.39 is 11.8 Å². The van der Waals surface area contributed by atoms with Crippen molar-refractivity contribution in [3.8, 4) is 0 Å². The topological polar surface area (TPSA) is 95.3 Å². The fourth-order valence-corrected chi connectivity index (χ4v) is 2.39. The van der Waals surface area contributed by atoms with Crippen molar-refractivity contribution < 1.29 is 5.11 Å². The number of H-pyrrole nitrogens is 1. The molecule has 8 heteroatoms. The highest BCUT2D eigenvalue weighted by molar-refractivity contribution is 7.07. The number of aromatic nitrogens is 4. The Kier molecular flexibility index (Phi) is 3.02. The zero-order valence-electron chi connectivity index (χ0n) is 9.78. The van der Waals surface area contributed by atoms with Crippen molar-refractivity contribution in [1.29, 1.82) is 0 Å². The highest BCUT2D eigenvalue weighted by atomic mass is 32.1. The van der Waals surface area contributed by atoms with Gasteiger partial charge in [-0.2, -0.15) is 21.0 Å². The molecular weight excluding hydrogens is 266 g/mol. The Morgan fingerprint density at radius 3 is 3.16 bits per heavy atom. The molecule has 0 radical (unpaired) electrons. The maximum absolute atomic E-state index is 11.4. The number of hydrogen-bond acceptors (Lipinski definition) is 6. The van der Waals surface area contributed by atoms with Crippen molar-refractivity contribution in [2.24, 2.45) is 0 Å². The van der Waals surface area contributed by atoms with Crippen LogP contribution in [0.2, 0.25) is 0 Å². The molecule has 0 aliphatic heterocycles. The lowest BCUT2D eigenvalue weighted by Crippen LogP contribution is -2.16. The number of nitrogens with zero attached hydrogens (tertiary/aromatic N) is 3. The van der Waals surface area contributed by atoms with Gasteiger partial charge in [0.25, 0.3) is 0 Å². The van der Waals surface area contributed by atoms with Crippen LogP contribution in [0.25, 0.3) is 5.65 Å². The van der Waals surface area contributed by atoms with E-state index >= 15 is 0 Å². The molecule has 0 fully saturated rings. The van der Waals surface area contributed by atoms with E-state index in [0.717, 1.165) is 5.56 Å².